The molecule has 19 heavy (non-hydrogen) atoms. The third-order valence-corrected chi connectivity index (χ3v) is 3.61. The highest BCUT2D eigenvalue weighted by molar-refractivity contribution is 5.89. The van der Waals surface area contributed by atoms with Gasteiger partial charge in [-0.25, -0.2) is 4.79 Å². The van der Waals surface area contributed by atoms with Crippen molar-refractivity contribution in [2.45, 2.75) is 32.2 Å². The van der Waals surface area contributed by atoms with Crippen LogP contribution in [0.5, 0.6) is 0 Å². The topological polar surface area (TPSA) is 68.0 Å². The fraction of sp³-hybridized carbons (Fsp3) is 0.357. The molecule has 5 nitrogen and oxygen atoms in total. The lowest BCUT2D eigenvalue weighted by Gasteiger charge is -2.20. The quantitative estimate of drug-likeness (QED) is 0.897. The number of nitrogens with zero attached hydrogens (tertiary/aromatic N) is 3. The van der Waals surface area contributed by atoms with Gasteiger partial charge in [0.2, 0.25) is 0 Å². The Balaban J connectivity index is 2.08. The van der Waals surface area contributed by atoms with Gasteiger partial charge in [0, 0.05) is 18.0 Å². The van der Waals surface area contributed by atoms with Crippen molar-refractivity contribution in [1.29, 1.82) is 0 Å². The molecule has 0 fully saturated rings. The van der Waals surface area contributed by atoms with E-state index in [2.05, 4.69) is 21.7 Å². The lowest BCUT2D eigenvalue weighted by Crippen LogP contribution is -2.14. The molecule has 5 heteroatoms. The van der Waals surface area contributed by atoms with Crippen molar-refractivity contribution in [1.82, 2.24) is 14.8 Å². The predicted octanol–water partition coefficient (Wildman–Crippen LogP) is 2.54. The second kappa shape index (κ2) is 4.50. The van der Waals surface area contributed by atoms with Gasteiger partial charge in [-0.1, -0.05) is 19.1 Å². The van der Waals surface area contributed by atoms with Gasteiger partial charge in [0.15, 0.2) is 5.82 Å². The Morgan fingerprint density at radius 2 is 2.26 bits per heavy atom. The highest BCUT2D eigenvalue weighted by atomic mass is 16.4. The van der Waals surface area contributed by atoms with Crippen LogP contribution in [-0.2, 0) is 6.54 Å². The van der Waals surface area contributed by atoms with E-state index in [4.69, 9.17) is 5.11 Å². The number of benzene rings is 1. The van der Waals surface area contributed by atoms with Crippen molar-refractivity contribution >= 4 is 5.97 Å². The van der Waals surface area contributed by atoms with Crippen molar-refractivity contribution in [3.63, 3.8) is 0 Å². The van der Waals surface area contributed by atoms with E-state index >= 15 is 0 Å². The van der Waals surface area contributed by atoms with Crippen LogP contribution in [-0.4, -0.2) is 25.8 Å². The molecule has 2 aromatic rings. The Hall–Kier alpha value is -2.17. The van der Waals surface area contributed by atoms with Gasteiger partial charge in [0.05, 0.1) is 5.56 Å². The van der Waals surface area contributed by atoms with E-state index < -0.39 is 5.97 Å². The first-order chi connectivity index (χ1) is 9.16. The van der Waals surface area contributed by atoms with Gasteiger partial charge in [-0.2, -0.15) is 0 Å². The minimum Gasteiger partial charge on any atom is -0.478 e. The van der Waals surface area contributed by atoms with Crippen molar-refractivity contribution in [2.75, 3.05) is 0 Å². The van der Waals surface area contributed by atoms with Gasteiger partial charge in [-0.3, -0.25) is 0 Å². The molecule has 1 unspecified atom stereocenters. The van der Waals surface area contributed by atoms with Crippen LogP contribution in [0.1, 0.15) is 41.9 Å². The maximum absolute atomic E-state index is 11.0. The second-order valence-electron chi connectivity index (χ2n) is 4.96. The third kappa shape index (κ3) is 2.01. The zero-order chi connectivity index (χ0) is 13.4. The standard InChI is InChI=1S/C14H15N3O2/c1-9-4-3-7-17-12(9)15-16-13(17)10-5-2-6-11(8-10)14(18)19/h2,5-6,8-9H,3-4,7H2,1H3,(H,18,19). The number of aromatic nitrogens is 3. The molecule has 0 saturated heterocycles. The molecule has 2 heterocycles. The molecule has 1 aliphatic rings. The summed E-state index contributed by atoms with van der Waals surface area (Å²) in [6, 6.07) is 6.86. The summed E-state index contributed by atoms with van der Waals surface area (Å²) in [5.74, 6) is 1.26. The minimum atomic E-state index is -0.923. The molecular formula is C14H15N3O2. The summed E-state index contributed by atoms with van der Waals surface area (Å²) < 4.78 is 2.11. The van der Waals surface area contributed by atoms with Crippen LogP contribution in [0.3, 0.4) is 0 Å². The molecule has 1 atom stereocenters. The molecule has 0 amide bonds. The molecule has 0 aliphatic carbocycles. The number of rotatable bonds is 2. The third-order valence-electron chi connectivity index (χ3n) is 3.61. The summed E-state index contributed by atoms with van der Waals surface area (Å²) in [4.78, 5) is 11.0. The van der Waals surface area contributed by atoms with E-state index in [-0.39, 0.29) is 5.56 Å². The predicted molar refractivity (Wildman–Crippen MR) is 70.1 cm³/mol. The molecule has 3 rings (SSSR count). The average Bonchev–Trinajstić information content (AvgIpc) is 2.84. The maximum Gasteiger partial charge on any atom is 0.335 e. The normalized spacial score (nSPS) is 18.1. The number of carboxylic acids is 1. The molecule has 1 aliphatic heterocycles. The van der Waals surface area contributed by atoms with E-state index in [0.717, 1.165) is 36.6 Å². The van der Waals surface area contributed by atoms with Crippen LogP contribution in [0.15, 0.2) is 24.3 Å². The number of carbonyl (C=O) groups is 1. The van der Waals surface area contributed by atoms with E-state index in [9.17, 15) is 4.79 Å². The van der Waals surface area contributed by atoms with Gasteiger partial charge in [-0.15, -0.1) is 10.2 Å². The Kier molecular flexibility index (Phi) is 2.81. The highest BCUT2D eigenvalue weighted by Crippen LogP contribution is 2.29. The summed E-state index contributed by atoms with van der Waals surface area (Å²) >= 11 is 0. The van der Waals surface area contributed by atoms with E-state index in [1.54, 1.807) is 18.2 Å². The first-order valence-corrected chi connectivity index (χ1v) is 6.43. The molecular weight excluding hydrogens is 242 g/mol. The number of hydrogen-bond donors (Lipinski definition) is 1. The van der Waals surface area contributed by atoms with Crippen LogP contribution in [0, 0.1) is 0 Å². The minimum absolute atomic E-state index is 0.277. The zero-order valence-corrected chi connectivity index (χ0v) is 10.7. The second-order valence-corrected chi connectivity index (χ2v) is 4.96. The number of hydrogen-bond acceptors (Lipinski definition) is 3. The first-order valence-electron chi connectivity index (χ1n) is 6.43. The molecule has 98 valence electrons. The van der Waals surface area contributed by atoms with Gasteiger partial charge in [0.1, 0.15) is 5.82 Å². The van der Waals surface area contributed by atoms with Crippen LogP contribution in [0.2, 0.25) is 0 Å². The fourth-order valence-electron chi connectivity index (χ4n) is 2.59. The van der Waals surface area contributed by atoms with Crippen molar-refractivity contribution < 1.29 is 9.90 Å². The van der Waals surface area contributed by atoms with Crippen LogP contribution in [0.4, 0.5) is 0 Å². The smallest absolute Gasteiger partial charge is 0.335 e. The van der Waals surface area contributed by atoms with Gasteiger partial charge >= 0.3 is 5.97 Å². The van der Waals surface area contributed by atoms with Crippen LogP contribution in [0.25, 0.3) is 11.4 Å². The van der Waals surface area contributed by atoms with Gasteiger partial charge in [-0.05, 0) is 25.0 Å². The summed E-state index contributed by atoms with van der Waals surface area (Å²) in [5, 5.41) is 17.5. The maximum atomic E-state index is 11.0. The van der Waals surface area contributed by atoms with Gasteiger partial charge in [0.25, 0.3) is 0 Å². The van der Waals surface area contributed by atoms with Crippen LogP contribution >= 0.6 is 0 Å². The van der Waals surface area contributed by atoms with Crippen LogP contribution < -0.4 is 0 Å². The van der Waals surface area contributed by atoms with E-state index in [1.165, 1.54) is 0 Å². The number of carboxylic acid groups (broad SMARTS) is 1. The number of aromatic carboxylic acids is 1. The van der Waals surface area contributed by atoms with E-state index in [1.807, 2.05) is 6.07 Å². The molecule has 1 aromatic heterocycles. The first kappa shape index (κ1) is 11.9. The molecule has 0 bridgehead atoms. The summed E-state index contributed by atoms with van der Waals surface area (Å²) in [6.07, 6.45) is 2.24. The molecule has 1 aromatic carbocycles. The van der Waals surface area contributed by atoms with Crippen molar-refractivity contribution in [3.05, 3.63) is 35.7 Å². The van der Waals surface area contributed by atoms with Gasteiger partial charge < -0.3 is 9.67 Å². The summed E-state index contributed by atoms with van der Waals surface area (Å²) in [5.41, 5.74) is 1.09. The zero-order valence-electron chi connectivity index (χ0n) is 10.7. The Morgan fingerprint density at radius 3 is 3.05 bits per heavy atom. The SMILES string of the molecule is CC1CCCn2c(-c3cccc(C(=O)O)c3)nnc21. The highest BCUT2D eigenvalue weighted by Gasteiger charge is 2.22. The lowest BCUT2D eigenvalue weighted by molar-refractivity contribution is 0.0697. The average molecular weight is 257 g/mol. The molecule has 1 N–H and O–H groups in total. The number of fused-ring (bicyclic) bond motifs is 1. The summed E-state index contributed by atoms with van der Waals surface area (Å²) in [6.45, 7) is 3.05. The van der Waals surface area contributed by atoms with Crippen molar-refractivity contribution in [2.24, 2.45) is 0 Å². The van der Waals surface area contributed by atoms with Crippen molar-refractivity contribution in [3.8, 4) is 11.4 Å². The molecule has 0 radical (unpaired) electrons. The Morgan fingerprint density at radius 1 is 1.42 bits per heavy atom. The lowest BCUT2D eigenvalue weighted by atomic mass is 10.0. The Bertz CT molecular complexity index is 633. The van der Waals surface area contributed by atoms with E-state index in [0.29, 0.717) is 5.92 Å². The summed E-state index contributed by atoms with van der Waals surface area (Å²) in [7, 11) is 0. The molecule has 0 saturated carbocycles. The largest absolute Gasteiger partial charge is 0.478 e. The fourth-order valence-corrected chi connectivity index (χ4v) is 2.59. The Labute approximate surface area is 110 Å². The monoisotopic (exact) mass is 257 g/mol. The molecule has 0 spiro atoms.